The molecule has 0 bridgehead atoms. The third-order valence-corrected chi connectivity index (χ3v) is 4.39. The number of hydrogen-bond donors (Lipinski definition) is 1. The number of amides is 1. The van der Waals surface area contributed by atoms with Crippen LogP contribution in [-0.4, -0.2) is 34.4 Å². The molecule has 0 saturated heterocycles. The van der Waals surface area contributed by atoms with Crippen molar-refractivity contribution in [1.29, 1.82) is 0 Å². The number of thioether (sulfide) groups is 1. The van der Waals surface area contributed by atoms with E-state index >= 15 is 0 Å². The summed E-state index contributed by atoms with van der Waals surface area (Å²) >= 11 is 1.18. The topological polar surface area (TPSA) is 87.2 Å². The molecule has 0 saturated carbocycles. The Balaban J connectivity index is 2.62. The molecule has 2 aromatic rings. The van der Waals surface area contributed by atoms with Gasteiger partial charge >= 0.3 is 0 Å². The molecule has 0 aliphatic carbocycles. The molecule has 7 heteroatoms. The molecule has 0 fully saturated rings. The quantitative estimate of drug-likeness (QED) is 0.644. The van der Waals surface area contributed by atoms with Crippen molar-refractivity contribution >= 4 is 28.6 Å². The van der Waals surface area contributed by atoms with Crippen molar-refractivity contribution in [2.24, 2.45) is 5.73 Å². The number of carbonyl (C=O) groups excluding carboxylic acids is 1. The number of nitrogens with zero attached hydrogens (tertiary/aromatic N) is 2. The van der Waals surface area contributed by atoms with Crippen LogP contribution in [0.2, 0.25) is 0 Å². The molecular weight excluding hydrogens is 302 g/mol. The lowest BCUT2D eigenvalue weighted by Crippen LogP contribution is -2.30. The zero-order chi connectivity index (χ0) is 16.3. The summed E-state index contributed by atoms with van der Waals surface area (Å²) in [4.78, 5) is 28.6. The first-order chi connectivity index (χ1) is 10.5. The third-order valence-electron chi connectivity index (χ3n) is 3.31. The Morgan fingerprint density at radius 1 is 1.41 bits per heavy atom. The second kappa shape index (κ2) is 6.93. The number of aromatic nitrogens is 2. The standard InChI is InChI=1S/C15H19N3O3S/c1-9(8-21-3)18-14(20)11-6-4-5-7-12(11)17-15(18)22-10(2)13(16)19/h4-7,9-10H,8H2,1-3H3,(H2,16,19)/t9-,10-/m0/s1. The molecule has 0 aliphatic heterocycles. The zero-order valence-electron chi connectivity index (χ0n) is 12.8. The number of nitrogens with two attached hydrogens (primary N) is 1. The lowest BCUT2D eigenvalue weighted by molar-refractivity contribution is -0.117. The van der Waals surface area contributed by atoms with E-state index < -0.39 is 11.2 Å². The van der Waals surface area contributed by atoms with Crippen molar-refractivity contribution in [1.82, 2.24) is 9.55 Å². The molecule has 1 aromatic carbocycles. The second-order valence-electron chi connectivity index (χ2n) is 5.05. The molecule has 0 aliphatic rings. The Morgan fingerprint density at radius 2 is 2.09 bits per heavy atom. The van der Waals surface area contributed by atoms with E-state index in [1.54, 1.807) is 36.8 Å². The molecule has 118 valence electrons. The zero-order valence-corrected chi connectivity index (χ0v) is 13.6. The summed E-state index contributed by atoms with van der Waals surface area (Å²) in [7, 11) is 1.58. The number of rotatable bonds is 6. The van der Waals surface area contributed by atoms with E-state index in [-0.39, 0.29) is 11.6 Å². The largest absolute Gasteiger partial charge is 0.383 e. The van der Waals surface area contributed by atoms with Gasteiger partial charge in [-0.05, 0) is 26.0 Å². The van der Waals surface area contributed by atoms with Crippen LogP contribution in [0.4, 0.5) is 0 Å². The Hall–Kier alpha value is -1.86. The first-order valence-corrected chi connectivity index (χ1v) is 7.79. The Kier molecular flexibility index (Phi) is 5.20. The number of benzene rings is 1. The van der Waals surface area contributed by atoms with Gasteiger partial charge in [0.2, 0.25) is 5.91 Å². The maximum absolute atomic E-state index is 12.8. The Bertz CT molecular complexity index is 744. The fourth-order valence-electron chi connectivity index (χ4n) is 2.13. The third kappa shape index (κ3) is 3.31. The average Bonchev–Trinajstić information content (AvgIpc) is 2.47. The normalized spacial score (nSPS) is 14.0. The van der Waals surface area contributed by atoms with E-state index in [1.165, 1.54) is 11.8 Å². The van der Waals surface area contributed by atoms with E-state index in [2.05, 4.69) is 4.98 Å². The van der Waals surface area contributed by atoms with E-state index in [0.717, 1.165) is 0 Å². The van der Waals surface area contributed by atoms with Crippen molar-refractivity contribution in [3.05, 3.63) is 34.6 Å². The van der Waals surface area contributed by atoms with Gasteiger partial charge in [0.1, 0.15) is 0 Å². The van der Waals surface area contributed by atoms with Gasteiger partial charge in [0.05, 0.1) is 28.8 Å². The summed E-state index contributed by atoms with van der Waals surface area (Å²) in [6, 6.07) is 6.95. The smallest absolute Gasteiger partial charge is 0.262 e. The van der Waals surface area contributed by atoms with Crippen LogP contribution in [0.1, 0.15) is 19.9 Å². The minimum absolute atomic E-state index is 0.144. The summed E-state index contributed by atoms with van der Waals surface area (Å²) < 4.78 is 6.71. The molecule has 22 heavy (non-hydrogen) atoms. The van der Waals surface area contributed by atoms with Crippen LogP contribution in [-0.2, 0) is 9.53 Å². The number of carbonyl (C=O) groups is 1. The molecule has 2 N–H and O–H groups in total. The first kappa shape index (κ1) is 16.5. The van der Waals surface area contributed by atoms with Crippen LogP contribution in [0, 0.1) is 0 Å². The van der Waals surface area contributed by atoms with Gasteiger partial charge in [-0.1, -0.05) is 23.9 Å². The van der Waals surface area contributed by atoms with E-state index in [4.69, 9.17) is 10.5 Å². The SMILES string of the molecule is COC[C@H](C)n1c(S[C@@H](C)C(N)=O)nc2ccccc2c1=O. The molecule has 1 aromatic heterocycles. The van der Waals surface area contributed by atoms with Gasteiger partial charge in [-0.15, -0.1) is 0 Å². The second-order valence-corrected chi connectivity index (χ2v) is 6.36. The van der Waals surface area contributed by atoms with Crippen LogP contribution in [0.15, 0.2) is 34.2 Å². The van der Waals surface area contributed by atoms with Crippen LogP contribution < -0.4 is 11.3 Å². The fourth-order valence-corrected chi connectivity index (χ4v) is 3.09. The fraction of sp³-hybridized carbons (Fsp3) is 0.400. The summed E-state index contributed by atoms with van der Waals surface area (Å²) in [5, 5.41) is 0.537. The van der Waals surface area contributed by atoms with Gasteiger partial charge in [-0.25, -0.2) is 4.98 Å². The highest BCUT2D eigenvalue weighted by Gasteiger charge is 2.20. The van der Waals surface area contributed by atoms with E-state index in [9.17, 15) is 9.59 Å². The number of fused-ring (bicyclic) bond motifs is 1. The van der Waals surface area contributed by atoms with Crippen LogP contribution >= 0.6 is 11.8 Å². The minimum atomic E-state index is -0.478. The molecule has 2 rings (SSSR count). The molecule has 1 heterocycles. The molecule has 0 unspecified atom stereocenters. The molecular formula is C15H19N3O3S. The van der Waals surface area contributed by atoms with Gasteiger partial charge in [-0.3, -0.25) is 14.2 Å². The highest BCUT2D eigenvalue weighted by atomic mass is 32.2. The van der Waals surface area contributed by atoms with Gasteiger partial charge < -0.3 is 10.5 Å². The highest BCUT2D eigenvalue weighted by molar-refractivity contribution is 8.00. The van der Waals surface area contributed by atoms with Gasteiger partial charge in [0.25, 0.3) is 5.56 Å². The predicted octanol–water partition coefficient (Wildman–Crippen LogP) is 1.57. The predicted molar refractivity (Wildman–Crippen MR) is 87.1 cm³/mol. The van der Waals surface area contributed by atoms with Crippen molar-refractivity contribution in [2.75, 3.05) is 13.7 Å². The number of ether oxygens (including phenoxy) is 1. The number of methoxy groups -OCH3 is 1. The minimum Gasteiger partial charge on any atom is -0.383 e. The number of primary amides is 1. The van der Waals surface area contributed by atoms with Crippen molar-refractivity contribution < 1.29 is 9.53 Å². The molecule has 6 nitrogen and oxygen atoms in total. The Labute approximate surface area is 132 Å². The van der Waals surface area contributed by atoms with Crippen LogP contribution in [0.25, 0.3) is 10.9 Å². The van der Waals surface area contributed by atoms with Gasteiger partial charge in [0, 0.05) is 7.11 Å². The highest BCUT2D eigenvalue weighted by Crippen LogP contribution is 2.24. The maximum atomic E-state index is 12.8. The van der Waals surface area contributed by atoms with E-state index in [0.29, 0.717) is 22.7 Å². The number of hydrogen-bond acceptors (Lipinski definition) is 5. The number of para-hydroxylation sites is 1. The van der Waals surface area contributed by atoms with Crippen molar-refractivity contribution in [2.45, 2.75) is 30.3 Å². The summed E-state index contributed by atoms with van der Waals surface area (Å²) in [6.45, 7) is 3.94. The van der Waals surface area contributed by atoms with Crippen LogP contribution in [0.3, 0.4) is 0 Å². The average molecular weight is 321 g/mol. The molecule has 0 spiro atoms. The molecule has 2 atom stereocenters. The monoisotopic (exact) mass is 321 g/mol. The molecule has 1 amide bonds. The van der Waals surface area contributed by atoms with Gasteiger partial charge in [-0.2, -0.15) is 0 Å². The summed E-state index contributed by atoms with van der Waals surface area (Å²) in [5.74, 6) is -0.446. The lowest BCUT2D eigenvalue weighted by atomic mass is 10.2. The maximum Gasteiger partial charge on any atom is 0.262 e. The Morgan fingerprint density at radius 3 is 2.73 bits per heavy atom. The molecule has 0 radical (unpaired) electrons. The van der Waals surface area contributed by atoms with Crippen molar-refractivity contribution in [3.63, 3.8) is 0 Å². The lowest BCUT2D eigenvalue weighted by Gasteiger charge is -2.19. The summed E-state index contributed by atoms with van der Waals surface area (Å²) in [6.07, 6.45) is 0. The first-order valence-electron chi connectivity index (χ1n) is 6.92. The summed E-state index contributed by atoms with van der Waals surface area (Å²) in [5.41, 5.74) is 5.78. The van der Waals surface area contributed by atoms with Gasteiger partial charge in [0.15, 0.2) is 5.16 Å². The van der Waals surface area contributed by atoms with Crippen molar-refractivity contribution in [3.8, 4) is 0 Å². The van der Waals surface area contributed by atoms with Crippen LogP contribution in [0.5, 0.6) is 0 Å². The van der Waals surface area contributed by atoms with E-state index in [1.807, 2.05) is 13.0 Å².